The van der Waals surface area contributed by atoms with Crippen molar-refractivity contribution >= 4 is 5.91 Å². The van der Waals surface area contributed by atoms with Gasteiger partial charge < -0.3 is 10.4 Å². The first-order valence-corrected chi connectivity index (χ1v) is 6.94. The average molecular weight is 287 g/mol. The Labute approximate surface area is 124 Å². The van der Waals surface area contributed by atoms with Crippen LogP contribution in [-0.4, -0.2) is 27.8 Å². The fraction of sp³-hybridized carbons (Fsp3) is 0.375. The summed E-state index contributed by atoms with van der Waals surface area (Å²) in [4.78, 5) is 12.2. The highest BCUT2D eigenvalue weighted by atomic mass is 16.3. The van der Waals surface area contributed by atoms with Gasteiger partial charge in [-0.25, -0.2) is 0 Å². The molecule has 0 saturated carbocycles. The minimum absolute atomic E-state index is 0.0959. The smallest absolute Gasteiger partial charge is 0.272 e. The van der Waals surface area contributed by atoms with Crippen LogP contribution in [0, 0.1) is 0 Å². The number of aromatic nitrogens is 2. The lowest BCUT2D eigenvalue weighted by atomic mass is 9.92. The van der Waals surface area contributed by atoms with E-state index in [0.29, 0.717) is 5.69 Å². The van der Waals surface area contributed by atoms with E-state index in [2.05, 4.69) is 15.5 Å². The summed E-state index contributed by atoms with van der Waals surface area (Å²) in [7, 11) is 0. The Bertz CT molecular complexity index is 599. The highest BCUT2D eigenvalue weighted by molar-refractivity contribution is 5.92. The molecule has 0 aliphatic carbocycles. The number of nitrogens with one attached hydrogen (secondary N) is 2. The molecule has 0 fully saturated rings. The van der Waals surface area contributed by atoms with Gasteiger partial charge in [-0.3, -0.25) is 9.89 Å². The molecule has 0 saturated heterocycles. The molecule has 0 aliphatic rings. The van der Waals surface area contributed by atoms with Gasteiger partial charge in [0.1, 0.15) is 5.69 Å². The number of hydrogen-bond acceptors (Lipinski definition) is 3. The Morgan fingerprint density at radius 2 is 2.00 bits per heavy atom. The number of aromatic amines is 1. The molecular formula is C16H21N3O2. The second kappa shape index (κ2) is 6.10. The standard InChI is InChI=1S/C16H21N3O2/c1-16(2,3)14-9-12(18-19-14)15(21)17-13(10-20)11-7-5-4-6-8-11/h4-9,13,20H,10H2,1-3H3,(H,17,21)(H,18,19). The monoisotopic (exact) mass is 287 g/mol. The zero-order chi connectivity index (χ0) is 15.5. The number of benzene rings is 1. The highest BCUT2D eigenvalue weighted by Gasteiger charge is 2.21. The number of H-pyrrole nitrogens is 1. The molecule has 0 radical (unpaired) electrons. The Morgan fingerprint density at radius 1 is 1.33 bits per heavy atom. The number of carbonyl (C=O) groups excluding carboxylic acids is 1. The van der Waals surface area contributed by atoms with Crippen LogP contribution in [0.5, 0.6) is 0 Å². The molecule has 5 heteroatoms. The number of carbonyl (C=O) groups is 1. The van der Waals surface area contributed by atoms with Gasteiger partial charge in [-0.1, -0.05) is 51.1 Å². The maximum Gasteiger partial charge on any atom is 0.272 e. The molecule has 1 aromatic heterocycles. The van der Waals surface area contributed by atoms with E-state index in [1.165, 1.54) is 0 Å². The van der Waals surface area contributed by atoms with Crippen LogP contribution >= 0.6 is 0 Å². The van der Waals surface area contributed by atoms with Gasteiger partial charge in [0.15, 0.2) is 0 Å². The van der Waals surface area contributed by atoms with Gasteiger partial charge in [-0.05, 0) is 11.6 Å². The lowest BCUT2D eigenvalue weighted by Crippen LogP contribution is -2.31. The maximum absolute atomic E-state index is 12.2. The van der Waals surface area contributed by atoms with Gasteiger partial charge in [0, 0.05) is 11.1 Å². The van der Waals surface area contributed by atoms with Gasteiger partial charge in [-0.15, -0.1) is 0 Å². The molecule has 1 unspecified atom stereocenters. The van der Waals surface area contributed by atoms with Crippen molar-refractivity contribution in [1.29, 1.82) is 0 Å². The van der Waals surface area contributed by atoms with Gasteiger partial charge >= 0.3 is 0 Å². The molecule has 0 bridgehead atoms. The van der Waals surface area contributed by atoms with Crippen LogP contribution in [0.4, 0.5) is 0 Å². The fourth-order valence-corrected chi connectivity index (χ4v) is 1.97. The molecule has 2 aromatic rings. The normalized spacial score (nSPS) is 13.0. The molecule has 1 heterocycles. The summed E-state index contributed by atoms with van der Waals surface area (Å²) in [6, 6.07) is 10.7. The maximum atomic E-state index is 12.2. The third kappa shape index (κ3) is 3.70. The lowest BCUT2D eigenvalue weighted by molar-refractivity contribution is 0.0911. The summed E-state index contributed by atoms with van der Waals surface area (Å²) < 4.78 is 0. The molecule has 2 rings (SSSR count). The number of aliphatic hydroxyl groups is 1. The van der Waals surface area contributed by atoms with Gasteiger partial charge in [0.05, 0.1) is 12.6 Å². The van der Waals surface area contributed by atoms with E-state index < -0.39 is 6.04 Å². The van der Waals surface area contributed by atoms with Crippen LogP contribution in [0.1, 0.15) is 48.6 Å². The quantitative estimate of drug-likeness (QED) is 0.806. The van der Waals surface area contributed by atoms with Crippen molar-refractivity contribution in [3.05, 3.63) is 53.3 Å². The summed E-state index contributed by atoms with van der Waals surface area (Å²) in [5.74, 6) is -0.301. The second-order valence-corrected chi connectivity index (χ2v) is 6.04. The van der Waals surface area contributed by atoms with Crippen LogP contribution in [0.15, 0.2) is 36.4 Å². The fourth-order valence-electron chi connectivity index (χ4n) is 1.97. The van der Waals surface area contributed by atoms with E-state index in [1.807, 2.05) is 51.1 Å². The predicted molar refractivity (Wildman–Crippen MR) is 81.0 cm³/mol. The molecule has 0 spiro atoms. The van der Waals surface area contributed by atoms with Gasteiger partial charge in [0.25, 0.3) is 5.91 Å². The van der Waals surface area contributed by atoms with Crippen LogP contribution in [-0.2, 0) is 5.41 Å². The van der Waals surface area contributed by atoms with Crippen molar-refractivity contribution in [3.8, 4) is 0 Å². The highest BCUT2D eigenvalue weighted by Crippen LogP contribution is 2.20. The van der Waals surface area contributed by atoms with Gasteiger partial charge in [0.2, 0.25) is 0 Å². The van der Waals surface area contributed by atoms with E-state index >= 15 is 0 Å². The predicted octanol–water partition coefficient (Wildman–Crippen LogP) is 2.17. The van der Waals surface area contributed by atoms with Crippen molar-refractivity contribution in [2.45, 2.75) is 32.2 Å². The average Bonchev–Trinajstić information content (AvgIpc) is 2.95. The Balaban J connectivity index is 2.12. The largest absolute Gasteiger partial charge is 0.394 e. The minimum atomic E-state index is -0.437. The zero-order valence-corrected chi connectivity index (χ0v) is 12.6. The molecule has 5 nitrogen and oxygen atoms in total. The molecule has 3 N–H and O–H groups in total. The third-order valence-corrected chi connectivity index (χ3v) is 3.31. The van der Waals surface area contributed by atoms with Crippen molar-refractivity contribution in [2.75, 3.05) is 6.61 Å². The second-order valence-electron chi connectivity index (χ2n) is 6.04. The van der Waals surface area contributed by atoms with E-state index in [4.69, 9.17) is 0 Å². The number of nitrogens with zero attached hydrogens (tertiary/aromatic N) is 1. The molecule has 1 aromatic carbocycles. The van der Waals surface area contributed by atoms with E-state index in [9.17, 15) is 9.90 Å². The summed E-state index contributed by atoms with van der Waals surface area (Å²) in [5, 5.41) is 19.2. The van der Waals surface area contributed by atoms with Crippen molar-refractivity contribution < 1.29 is 9.90 Å². The van der Waals surface area contributed by atoms with Crippen molar-refractivity contribution in [2.24, 2.45) is 0 Å². The Kier molecular flexibility index (Phi) is 4.43. The molecular weight excluding hydrogens is 266 g/mol. The SMILES string of the molecule is CC(C)(C)c1cc(C(=O)NC(CO)c2ccccc2)n[nH]1. The summed E-state index contributed by atoms with van der Waals surface area (Å²) >= 11 is 0. The molecule has 112 valence electrons. The minimum Gasteiger partial charge on any atom is -0.394 e. The molecule has 0 aliphatic heterocycles. The van der Waals surface area contributed by atoms with Crippen LogP contribution in [0.25, 0.3) is 0 Å². The summed E-state index contributed by atoms with van der Waals surface area (Å²) in [6.07, 6.45) is 0. The first-order chi connectivity index (χ1) is 9.91. The van der Waals surface area contributed by atoms with Gasteiger partial charge in [-0.2, -0.15) is 5.10 Å². The van der Waals surface area contributed by atoms with E-state index in [-0.39, 0.29) is 17.9 Å². The van der Waals surface area contributed by atoms with Crippen molar-refractivity contribution in [1.82, 2.24) is 15.5 Å². The number of rotatable bonds is 4. The summed E-state index contributed by atoms with van der Waals surface area (Å²) in [5.41, 5.74) is 1.99. The molecule has 21 heavy (non-hydrogen) atoms. The van der Waals surface area contributed by atoms with E-state index in [1.54, 1.807) is 6.07 Å². The number of amides is 1. The zero-order valence-electron chi connectivity index (χ0n) is 12.6. The van der Waals surface area contributed by atoms with E-state index in [0.717, 1.165) is 11.3 Å². The molecule has 1 amide bonds. The van der Waals surface area contributed by atoms with Crippen LogP contribution < -0.4 is 5.32 Å². The first kappa shape index (κ1) is 15.3. The third-order valence-electron chi connectivity index (χ3n) is 3.31. The number of aliphatic hydroxyl groups excluding tert-OH is 1. The van der Waals surface area contributed by atoms with Crippen LogP contribution in [0.2, 0.25) is 0 Å². The topological polar surface area (TPSA) is 78.0 Å². The van der Waals surface area contributed by atoms with Crippen molar-refractivity contribution in [3.63, 3.8) is 0 Å². The molecule has 1 atom stereocenters. The number of hydrogen-bond donors (Lipinski definition) is 3. The Hall–Kier alpha value is -2.14. The first-order valence-electron chi connectivity index (χ1n) is 6.94. The van der Waals surface area contributed by atoms with Crippen LogP contribution in [0.3, 0.4) is 0 Å². The lowest BCUT2D eigenvalue weighted by Gasteiger charge is -2.16. The summed E-state index contributed by atoms with van der Waals surface area (Å²) in [6.45, 7) is 5.97. The Morgan fingerprint density at radius 3 is 2.52 bits per heavy atom.